The van der Waals surface area contributed by atoms with Gasteiger partial charge in [-0.15, -0.1) is 0 Å². The van der Waals surface area contributed by atoms with Crippen LogP contribution in [0.15, 0.2) is 35.2 Å². The van der Waals surface area contributed by atoms with Gasteiger partial charge in [0.25, 0.3) is 0 Å². The molecule has 0 aromatic carbocycles. The van der Waals surface area contributed by atoms with Gasteiger partial charge in [-0.3, -0.25) is 4.98 Å². The van der Waals surface area contributed by atoms with Crippen LogP contribution >= 0.6 is 0 Å². The number of ether oxygens (including phenoxy) is 1. The molecule has 94 valence electrons. The molecule has 0 atom stereocenters. The number of nitrogens with one attached hydrogen (secondary N) is 1. The topological polar surface area (TPSA) is 77.2 Å². The maximum Gasteiger partial charge on any atom is 0.358 e. The predicted molar refractivity (Wildman–Crippen MR) is 64.3 cm³/mol. The molecular weight excluding hydrogens is 234 g/mol. The number of rotatable bonds is 5. The van der Waals surface area contributed by atoms with Crippen LogP contribution in [0.5, 0.6) is 0 Å². The van der Waals surface area contributed by atoms with E-state index in [1.807, 2.05) is 12.1 Å². The van der Waals surface area contributed by atoms with E-state index in [0.29, 0.717) is 12.4 Å². The molecule has 0 aliphatic carbocycles. The van der Waals surface area contributed by atoms with Gasteiger partial charge in [-0.2, -0.15) is 0 Å². The first-order valence-electron chi connectivity index (χ1n) is 5.46. The summed E-state index contributed by atoms with van der Waals surface area (Å²) >= 11 is 0. The van der Waals surface area contributed by atoms with Crippen molar-refractivity contribution in [3.05, 3.63) is 42.2 Å². The van der Waals surface area contributed by atoms with E-state index >= 15 is 0 Å². The van der Waals surface area contributed by atoms with Gasteiger partial charge in [-0.25, -0.2) is 9.78 Å². The third-order valence-corrected chi connectivity index (χ3v) is 2.29. The second kappa shape index (κ2) is 5.81. The lowest BCUT2D eigenvalue weighted by Crippen LogP contribution is -2.10. The lowest BCUT2D eigenvalue weighted by molar-refractivity contribution is 0.0593. The molecule has 2 aromatic rings. The summed E-state index contributed by atoms with van der Waals surface area (Å²) in [6.45, 7) is 0.646. The number of anilines is 1. The van der Waals surface area contributed by atoms with Gasteiger partial charge in [-0.1, -0.05) is 0 Å². The maximum atomic E-state index is 11.3. The van der Waals surface area contributed by atoms with E-state index < -0.39 is 5.97 Å². The second-order valence-corrected chi connectivity index (χ2v) is 3.54. The lowest BCUT2D eigenvalue weighted by atomic mass is 10.3. The van der Waals surface area contributed by atoms with Crippen molar-refractivity contribution >= 4 is 11.8 Å². The first-order valence-corrected chi connectivity index (χ1v) is 5.46. The van der Waals surface area contributed by atoms with Crippen LogP contribution in [0.2, 0.25) is 0 Å². The van der Waals surface area contributed by atoms with Crippen molar-refractivity contribution in [3.8, 4) is 0 Å². The van der Waals surface area contributed by atoms with Gasteiger partial charge in [0.1, 0.15) is 11.6 Å². The SMILES string of the molecule is COC(=O)c1cncc(NCCc2ccco2)n1. The van der Waals surface area contributed by atoms with Gasteiger partial charge in [0, 0.05) is 13.0 Å². The summed E-state index contributed by atoms with van der Waals surface area (Å²) in [5.74, 6) is 0.918. The molecule has 0 aliphatic heterocycles. The number of esters is 1. The standard InChI is InChI=1S/C12H13N3O3/c1-17-12(16)10-7-13-8-11(15-10)14-5-4-9-3-2-6-18-9/h2-3,6-8H,4-5H2,1H3,(H,14,15). The van der Waals surface area contributed by atoms with Crippen LogP contribution in [-0.4, -0.2) is 29.6 Å². The molecule has 0 amide bonds. The highest BCUT2D eigenvalue weighted by atomic mass is 16.5. The van der Waals surface area contributed by atoms with Crippen molar-refractivity contribution in [1.82, 2.24) is 9.97 Å². The lowest BCUT2D eigenvalue weighted by Gasteiger charge is -2.05. The van der Waals surface area contributed by atoms with E-state index in [9.17, 15) is 4.79 Å². The molecule has 6 nitrogen and oxygen atoms in total. The molecule has 2 heterocycles. The molecular formula is C12H13N3O3. The van der Waals surface area contributed by atoms with Crippen molar-refractivity contribution in [3.63, 3.8) is 0 Å². The Morgan fingerprint density at radius 2 is 2.39 bits per heavy atom. The van der Waals surface area contributed by atoms with Crippen molar-refractivity contribution in [2.45, 2.75) is 6.42 Å². The number of nitrogens with zero attached hydrogens (tertiary/aromatic N) is 2. The summed E-state index contributed by atoms with van der Waals surface area (Å²) in [5, 5.41) is 3.06. The first kappa shape index (κ1) is 12.1. The largest absolute Gasteiger partial charge is 0.469 e. The highest BCUT2D eigenvalue weighted by Gasteiger charge is 2.08. The summed E-state index contributed by atoms with van der Waals surface area (Å²) in [7, 11) is 1.31. The molecule has 18 heavy (non-hydrogen) atoms. The number of hydrogen-bond donors (Lipinski definition) is 1. The Morgan fingerprint density at radius 1 is 1.50 bits per heavy atom. The molecule has 2 aromatic heterocycles. The van der Waals surface area contributed by atoms with E-state index in [2.05, 4.69) is 20.0 Å². The zero-order valence-corrected chi connectivity index (χ0v) is 9.92. The first-order chi connectivity index (χ1) is 8.79. The van der Waals surface area contributed by atoms with Crippen LogP contribution in [0.3, 0.4) is 0 Å². The summed E-state index contributed by atoms with van der Waals surface area (Å²) in [5.41, 5.74) is 0.181. The van der Waals surface area contributed by atoms with Gasteiger partial charge in [0.05, 0.1) is 25.8 Å². The zero-order valence-electron chi connectivity index (χ0n) is 9.92. The van der Waals surface area contributed by atoms with E-state index in [1.54, 1.807) is 12.5 Å². The Hall–Kier alpha value is -2.37. The number of methoxy groups -OCH3 is 1. The van der Waals surface area contributed by atoms with E-state index in [1.165, 1.54) is 13.3 Å². The molecule has 2 rings (SSSR count). The maximum absolute atomic E-state index is 11.3. The molecule has 0 saturated carbocycles. The summed E-state index contributed by atoms with van der Waals surface area (Å²) in [6, 6.07) is 3.74. The molecule has 0 aliphatic rings. The normalized spacial score (nSPS) is 10.1. The molecule has 1 N–H and O–H groups in total. The van der Waals surface area contributed by atoms with Gasteiger partial charge >= 0.3 is 5.97 Å². The van der Waals surface area contributed by atoms with Crippen molar-refractivity contribution in [1.29, 1.82) is 0 Å². The summed E-state index contributed by atoms with van der Waals surface area (Å²) in [4.78, 5) is 19.3. The minimum Gasteiger partial charge on any atom is -0.469 e. The summed E-state index contributed by atoms with van der Waals surface area (Å²) < 4.78 is 9.77. The summed E-state index contributed by atoms with van der Waals surface area (Å²) in [6.07, 6.45) is 5.28. The van der Waals surface area contributed by atoms with Crippen molar-refractivity contribution in [2.75, 3.05) is 19.0 Å². The predicted octanol–water partition coefficient (Wildman–Crippen LogP) is 1.51. The second-order valence-electron chi connectivity index (χ2n) is 3.54. The van der Waals surface area contributed by atoms with Crippen LogP contribution in [0.1, 0.15) is 16.2 Å². The average Bonchev–Trinajstić information content (AvgIpc) is 2.91. The number of carbonyl (C=O) groups is 1. The minimum atomic E-state index is -0.503. The number of carbonyl (C=O) groups excluding carboxylic acids is 1. The number of furan rings is 1. The fourth-order valence-corrected chi connectivity index (χ4v) is 1.42. The minimum absolute atomic E-state index is 0.181. The molecule has 6 heteroatoms. The number of hydrogen-bond acceptors (Lipinski definition) is 6. The molecule has 0 bridgehead atoms. The highest BCUT2D eigenvalue weighted by molar-refractivity contribution is 5.87. The van der Waals surface area contributed by atoms with Gasteiger partial charge in [-0.05, 0) is 12.1 Å². The van der Waals surface area contributed by atoms with Crippen LogP contribution in [0, 0.1) is 0 Å². The van der Waals surface area contributed by atoms with Gasteiger partial charge in [0.2, 0.25) is 0 Å². The molecule has 0 spiro atoms. The highest BCUT2D eigenvalue weighted by Crippen LogP contribution is 2.05. The monoisotopic (exact) mass is 247 g/mol. The molecule has 0 radical (unpaired) electrons. The van der Waals surface area contributed by atoms with Gasteiger partial charge < -0.3 is 14.5 Å². The van der Waals surface area contributed by atoms with E-state index in [-0.39, 0.29) is 5.69 Å². The fourth-order valence-electron chi connectivity index (χ4n) is 1.42. The number of aromatic nitrogens is 2. The quantitative estimate of drug-likeness (QED) is 0.807. The third kappa shape index (κ3) is 3.07. The Morgan fingerprint density at radius 3 is 3.11 bits per heavy atom. The van der Waals surface area contributed by atoms with Crippen LogP contribution in [-0.2, 0) is 11.2 Å². The Balaban J connectivity index is 1.91. The zero-order chi connectivity index (χ0) is 12.8. The van der Waals surface area contributed by atoms with E-state index in [0.717, 1.165) is 12.2 Å². The average molecular weight is 247 g/mol. The molecule has 0 unspecified atom stereocenters. The fraction of sp³-hybridized carbons (Fsp3) is 0.250. The Kier molecular flexibility index (Phi) is 3.90. The van der Waals surface area contributed by atoms with E-state index in [4.69, 9.17) is 4.42 Å². The van der Waals surface area contributed by atoms with Gasteiger partial charge in [0.15, 0.2) is 5.69 Å². The molecule has 0 saturated heterocycles. The third-order valence-electron chi connectivity index (χ3n) is 2.29. The van der Waals surface area contributed by atoms with Crippen molar-refractivity contribution < 1.29 is 13.9 Å². The van der Waals surface area contributed by atoms with Crippen molar-refractivity contribution in [2.24, 2.45) is 0 Å². The Labute approximate surface area is 104 Å². The van der Waals surface area contributed by atoms with Crippen LogP contribution < -0.4 is 5.32 Å². The molecule has 0 fully saturated rings. The van der Waals surface area contributed by atoms with Crippen LogP contribution in [0.4, 0.5) is 5.82 Å². The smallest absolute Gasteiger partial charge is 0.358 e. The Bertz CT molecular complexity index is 511. The van der Waals surface area contributed by atoms with Crippen LogP contribution in [0.25, 0.3) is 0 Å².